The summed E-state index contributed by atoms with van der Waals surface area (Å²) in [5.41, 5.74) is 0.458. The maximum absolute atomic E-state index is 11.6. The van der Waals surface area contributed by atoms with Gasteiger partial charge < -0.3 is 9.67 Å². The van der Waals surface area contributed by atoms with E-state index in [0.29, 0.717) is 12.0 Å². The fourth-order valence-electron chi connectivity index (χ4n) is 2.70. The van der Waals surface area contributed by atoms with Gasteiger partial charge in [-0.1, -0.05) is 13.8 Å². The Bertz CT molecular complexity index is 504. The van der Waals surface area contributed by atoms with E-state index < -0.39 is 5.97 Å². The minimum Gasteiger partial charge on any atom is -0.477 e. The average molecular weight is 235 g/mol. The highest BCUT2D eigenvalue weighted by Crippen LogP contribution is 2.31. The minimum absolute atomic E-state index is 0.124. The van der Waals surface area contributed by atoms with E-state index in [9.17, 15) is 9.59 Å². The molecular formula is C13H17NO3. The van der Waals surface area contributed by atoms with Crippen LogP contribution in [0.1, 0.15) is 48.8 Å². The Morgan fingerprint density at radius 1 is 1.59 bits per heavy atom. The quantitative estimate of drug-likeness (QED) is 0.853. The lowest BCUT2D eigenvalue weighted by Gasteiger charge is -2.33. The number of carboxylic acids is 1. The topological polar surface area (TPSA) is 59.3 Å². The third-order valence-corrected chi connectivity index (χ3v) is 3.68. The fourth-order valence-corrected chi connectivity index (χ4v) is 2.70. The number of pyridine rings is 1. The van der Waals surface area contributed by atoms with Crippen LogP contribution in [-0.2, 0) is 6.42 Å². The molecule has 1 aliphatic heterocycles. The van der Waals surface area contributed by atoms with Crippen LogP contribution >= 0.6 is 0 Å². The van der Waals surface area contributed by atoms with Crippen molar-refractivity contribution in [3.05, 3.63) is 33.7 Å². The van der Waals surface area contributed by atoms with Crippen LogP contribution in [-0.4, -0.2) is 15.6 Å². The highest BCUT2D eigenvalue weighted by atomic mass is 16.4. The Balaban J connectivity index is 2.58. The lowest BCUT2D eigenvalue weighted by Crippen LogP contribution is -2.29. The minimum atomic E-state index is -1.14. The number of aromatic carboxylic acids is 1. The van der Waals surface area contributed by atoms with Crippen LogP contribution in [0.4, 0.5) is 0 Å². The van der Waals surface area contributed by atoms with Gasteiger partial charge in [0.25, 0.3) is 0 Å². The molecule has 0 saturated carbocycles. The van der Waals surface area contributed by atoms with Crippen molar-refractivity contribution in [3.63, 3.8) is 0 Å². The molecule has 0 amide bonds. The zero-order chi connectivity index (χ0) is 12.6. The Kier molecular flexibility index (Phi) is 3.05. The molecule has 1 N–H and O–H groups in total. The summed E-state index contributed by atoms with van der Waals surface area (Å²) >= 11 is 0. The summed E-state index contributed by atoms with van der Waals surface area (Å²) in [5.74, 6) is -0.616. The van der Waals surface area contributed by atoms with Gasteiger partial charge in [0.2, 0.25) is 0 Å². The van der Waals surface area contributed by atoms with Gasteiger partial charge in [-0.3, -0.25) is 4.79 Å². The predicted octanol–water partition coefficient (Wildman–Crippen LogP) is 2.08. The van der Waals surface area contributed by atoms with Gasteiger partial charge in [0.15, 0.2) is 5.43 Å². The summed E-state index contributed by atoms with van der Waals surface area (Å²) in [4.78, 5) is 22.6. The summed E-state index contributed by atoms with van der Waals surface area (Å²) in [6.07, 6.45) is 4.39. The summed E-state index contributed by atoms with van der Waals surface area (Å²) in [5, 5.41) is 8.98. The molecule has 2 heterocycles. The van der Waals surface area contributed by atoms with E-state index in [1.54, 1.807) is 0 Å². The number of aromatic nitrogens is 1. The highest BCUT2D eigenvalue weighted by Gasteiger charge is 2.25. The molecule has 2 atom stereocenters. The monoisotopic (exact) mass is 235 g/mol. The van der Waals surface area contributed by atoms with E-state index in [-0.39, 0.29) is 11.0 Å². The first-order valence-corrected chi connectivity index (χ1v) is 6.03. The van der Waals surface area contributed by atoms with E-state index >= 15 is 0 Å². The molecule has 1 aromatic heterocycles. The van der Waals surface area contributed by atoms with Gasteiger partial charge >= 0.3 is 5.97 Å². The van der Waals surface area contributed by atoms with Crippen LogP contribution in [0.15, 0.2) is 17.1 Å². The fraction of sp³-hybridized carbons (Fsp3) is 0.538. The number of carboxylic acid groups (broad SMARTS) is 1. The third kappa shape index (κ3) is 1.99. The van der Waals surface area contributed by atoms with Crippen molar-refractivity contribution in [1.29, 1.82) is 0 Å². The Hall–Kier alpha value is -1.58. The van der Waals surface area contributed by atoms with Crippen LogP contribution in [0, 0.1) is 5.92 Å². The number of hydrogen-bond donors (Lipinski definition) is 1. The van der Waals surface area contributed by atoms with E-state index in [1.165, 1.54) is 12.3 Å². The molecule has 0 spiro atoms. The molecule has 4 heteroatoms. The number of hydrogen-bond acceptors (Lipinski definition) is 2. The second-order valence-corrected chi connectivity index (χ2v) is 4.75. The number of aryl methyl sites for hydroxylation is 1. The van der Waals surface area contributed by atoms with Crippen molar-refractivity contribution < 1.29 is 9.90 Å². The summed E-state index contributed by atoms with van der Waals surface area (Å²) in [7, 11) is 0. The molecule has 0 saturated heterocycles. The lowest BCUT2D eigenvalue weighted by atomic mass is 9.89. The molecule has 0 aliphatic carbocycles. The van der Waals surface area contributed by atoms with E-state index in [2.05, 4.69) is 13.8 Å². The molecule has 1 aromatic rings. The second-order valence-electron chi connectivity index (χ2n) is 4.75. The maximum atomic E-state index is 11.6. The van der Waals surface area contributed by atoms with Gasteiger partial charge in [-0.15, -0.1) is 0 Å². The third-order valence-electron chi connectivity index (χ3n) is 3.68. The lowest BCUT2D eigenvalue weighted by molar-refractivity contribution is 0.0693. The first-order chi connectivity index (χ1) is 8.04. The van der Waals surface area contributed by atoms with Crippen LogP contribution in [0.25, 0.3) is 0 Å². The van der Waals surface area contributed by atoms with Crippen molar-refractivity contribution >= 4 is 5.97 Å². The standard InChI is InChI=1S/C13H17NO3/c1-3-11-8(2)4-5-9-6-12(15)10(13(16)17)7-14(9)11/h6-8,11H,3-5H2,1-2H3,(H,16,17). The first-order valence-electron chi connectivity index (χ1n) is 6.03. The van der Waals surface area contributed by atoms with Gasteiger partial charge in [0.05, 0.1) is 0 Å². The molecular weight excluding hydrogens is 218 g/mol. The molecule has 4 nitrogen and oxygen atoms in total. The maximum Gasteiger partial charge on any atom is 0.341 e. The van der Waals surface area contributed by atoms with E-state index in [1.807, 2.05) is 4.57 Å². The molecule has 0 bridgehead atoms. The number of fused-ring (bicyclic) bond motifs is 1. The Morgan fingerprint density at radius 3 is 2.88 bits per heavy atom. The van der Waals surface area contributed by atoms with Crippen LogP contribution in [0.5, 0.6) is 0 Å². The zero-order valence-electron chi connectivity index (χ0n) is 10.1. The molecule has 1 aliphatic rings. The second kappa shape index (κ2) is 4.35. The zero-order valence-corrected chi connectivity index (χ0v) is 10.1. The number of carbonyl (C=O) groups is 1. The first kappa shape index (κ1) is 11.9. The number of nitrogens with zero attached hydrogens (tertiary/aromatic N) is 1. The van der Waals surface area contributed by atoms with Gasteiger partial charge in [0, 0.05) is 24.0 Å². The van der Waals surface area contributed by atoms with Gasteiger partial charge in [-0.05, 0) is 25.2 Å². The van der Waals surface area contributed by atoms with Crippen molar-refractivity contribution in [3.8, 4) is 0 Å². The SMILES string of the molecule is CCC1C(C)CCc2cc(=O)c(C(=O)O)cn21. The number of rotatable bonds is 2. The smallest absolute Gasteiger partial charge is 0.341 e. The van der Waals surface area contributed by atoms with Crippen LogP contribution in [0.2, 0.25) is 0 Å². The van der Waals surface area contributed by atoms with Gasteiger partial charge in [0.1, 0.15) is 5.56 Å². The molecule has 17 heavy (non-hydrogen) atoms. The van der Waals surface area contributed by atoms with Crippen molar-refractivity contribution in [1.82, 2.24) is 4.57 Å². The summed E-state index contributed by atoms with van der Waals surface area (Å²) in [6, 6.07) is 1.79. The Morgan fingerprint density at radius 2 is 2.29 bits per heavy atom. The summed E-state index contributed by atoms with van der Waals surface area (Å²) in [6.45, 7) is 4.27. The van der Waals surface area contributed by atoms with Crippen LogP contribution < -0.4 is 5.43 Å². The van der Waals surface area contributed by atoms with Crippen molar-refractivity contribution in [2.75, 3.05) is 0 Å². The van der Waals surface area contributed by atoms with Gasteiger partial charge in [-0.2, -0.15) is 0 Å². The van der Waals surface area contributed by atoms with Gasteiger partial charge in [-0.25, -0.2) is 4.79 Å². The molecule has 92 valence electrons. The van der Waals surface area contributed by atoms with E-state index in [4.69, 9.17) is 5.11 Å². The van der Waals surface area contributed by atoms with Crippen molar-refractivity contribution in [2.45, 2.75) is 39.2 Å². The normalized spacial score (nSPS) is 23.2. The largest absolute Gasteiger partial charge is 0.477 e. The van der Waals surface area contributed by atoms with Crippen molar-refractivity contribution in [2.24, 2.45) is 5.92 Å². The molecule has 2 unspecified atom stereocenters. The highest BCUT2D eigenvalue weighted by molar-refractivity contribution is 5.87. The molecule has 2 rings (SSSR count). The Labute approximate surface area is 99.9 Å². The average Bonchev–Trinajstić information content (AvgIpc) is 2.28. The van der Waals surface area contributed by atoms with E-state index in [0.717, 1.165) is 25.0 Å². The summed E-state index contributed by atoms with van der Waals surface area (Å²) < 4.78 is 1.99. The molecule has 0 radical (unpaired) electrons. The molecule has 0 aromatic carbocycles. The predicted molar refractivity (Wildman–Crippen MR) is 64.5 cm³/mol. The molecule has 0 fully saturated rings. The van der Waals surface area contributed by atoms with Crippen LogP contribution in [0.3, 0.4) is 0 Å².